The van der Waals surface area contributed by atoms with Gasteiger partial charge >= 0.3 is 0 Å². The van der Waals surface area contributed by atoms with Gasteiger partial charge in [-0.3, -0.25) is 4.40 Å². The number of imidazole rings is 1. The molecule has 0 spiro atoms. The molecule has 0 atom stereocenters. The minimum absolute atomic E-state index is 0.843. The molecule has 0 amide bonds. The van der Waals surface area contributed by atoms with E-state index in [-0.39, 0.29) is 0 Å². The largest absolute Gasteiger partial charge is 0.497 e. The molecule has 0 aliphatic rings. The number of rotatable bonds is 1. The molecule has 3 rings (SSSR count). The van der Waals surface area contributed by atoms with Gasteiger partial charge < -0.3 is 4.74 Å². The van der Waals surface area contributed by atoms with Crippen molar-refractivity contribution in [3.05, 3.63) is 41.1 Å². The van der Waals surface area contributed by atoms with Crippen molar-refractivity contribution in [1.29, 1.82) is 0 Å². The topological polar surface area (TPSA) is 26.5 Å². The summed E-state index contributed by atoms with van der Waals surface area (Å²) in [6, 6.07) is 10.0. The first-order valence-electron chi connectivity index (χ1n) is 4.89. The van der Waals surface area contributed by atoms with Gasteiger partial charge in [0.2, 0.25) is 0 Å². The Hall–Kier alpha value is -1.55. The van der Waals surface area contributed by atoms with E-state index in [0.29, 0.717) is 0 Å². The first-order valence-corrected chi connectivity index (χ1v) is 5.68. The molecule has 0 aliphatic heterocycles. The number of nitrogens with zero attached hydrogens (tertiary/aromatic N) is 2. The molecule has 2 heterocycles. The Labute approximate surface area is 101 Å². The van der Waals surface area contributed by atoms with Gasteiger partial charge in [-0.2, -0.15) is 0 Å². The number of ether oxygens (including phenoxy) is 1. The monoisotopic (exact) mass is 276 g/mol. The third kappa shape index (κ3) is 1.38. The highest BCUT2D eigenvalue weighted by atomic mass is 79.9. The van der Waals surface area contributed by atoms with Crippen molar-refractivity contribution in [1.82, 2.24) is 9.38 Å². The average molecular weight is 277 g/mol. The van der Waals surface area contributed by atoms with Crippen molar-refractivity contribution in [2.24, 2.45) is 0 Å². The molecule has 0 saturated heterocycles. The molecule has 0 bridgehead atoms. The lowest BCUT2D eigenvalue weighted by Gasteiger charge is -2.04. The van der Waals surface area contributed by atoms with Crippen LogP contribution in [0.25, 0.3) is 16.6 Å². The summed E-state index contributed by atoms with van der Waals surface area (Å²) in [5, 5.41) is 1.14. The first kappa shape index (κ1) is 9.66. The van der Waals surface area contributed by atoms with Crippen LogP contribution in [0.2, 0.25) is 0 Å². The van der Waals surface area contributed by atoms with Crippen molar-refractivity contribution in [2.45, 2.75) is 0 Å². The van der Waals surface area contributed by atoms with Gasteiger partial charge in [-0.05, 0) is 46.3 Å². The number of fused-ring (bicyclic) bond motifs is 3. The first-order chi connectivity index (χ1) is 7.78. The highest BCUT2D eigenvalue weighted by Crippen LogP contribution is 2.23. The van der Waals surface area contributed by atoms with E-state index in [9.17, 15) is 0 Å². The third-order valence-corrected chi connectivity index (χ3v) is 2.99. The summed E-state index contributed by atoms with van der Waals surface area (Å²) in [7, 11) is 1.67. The second kappa shape index (κ2) is 3.49. The molecule has 0 N–H and O–H groups in total. The smallest absolute Gasteiger partial charge is 0.138 e. The standard InChI is InChI=1S/C12H9BrN2O/c1-16-9-3-4-10-8(6-9)2-5-12-14-11(13)7-15(10)12/h2-7H,1H3. The lowest BCUT2D eigenvalue weighted by molar-refractivity contribution is 0.415. The van der Waals surface area contributed by atoms with Crippen LogP contribution in [0, 0.1) is 0 Å². The molecule has 80 valence electrons. The van der Waals surface area contributed by atoms with Gasteiger partial charge in [0.1, 0.15) is 16.0 Å². The number of aromatic nitrogens is 2. The highest BCUT2D eigenvalue weighted by Gasteiger charge is 2.03. The van der Waals surface area contributed by atoms with E-state index in [0.717, 1.165) is 26.9 Å². The van der Waals surface area contributed by atoms with Crippen molar-refractivity contribution in [3.8, 4) is 5.75 Å². The van der Waals surface area contributed by atoms with Crippen molar-refractivity contribution >= 4 is 32.5 Å². The molecular formula is C12H9BrN2O. The van der Waals surface area contributed by atoms with Crippen LogP contribution in [-0.2, 0) is 0 Å². The second-order valence-electron chi connectivity index (χ2n) is 3.55. The minimum atomic E-state index is 0.843. The van der Waals surface area contributed by atoms with E-state index >= 15 is 0 Å². The fourth-order valence-corrected chi connectivity index (χ4v) is 2.24. The number of methoxy groups -OCH3 is 1. The Morgan fingerprint density at radius 3 is 2.94 bits per heavy atom. The summed E-state index contributed by atoms with van der Waals surface area (Å²) < 4.78 is 8.10. The van der Waals surface area contributed by atoms with Crippen LogP contribution in [-0.4, -0.2) is 16.5 Å². The summed E-state index contributed by atoms with van der Waals surface area (Å²) in [6.45, 7) is 0. The quantitative estimate of drug-likeness (QED) is 0.682. The summed E-state index contributed by atoms with van der Waals surface area (Å²) >= 11 is 3.38. The molecule has 1 aromatic carbocycles. The molecule has 16 heavy (non-hydrogen) atoms. The highest BCUT2D eigenvalue weighted by molar-refractivity contribution is 9.10. The number of benzene rings is 1. The maximum absolute atomic E-state index is 5.21. The van der Waals surface area contributed by atoms with Gasteiger partial charge in [0.15, 0.2) is 0 Å². The van der Waals surface area contributed by atoms with E-state index in [2.05, 4.69) is 25.3 Å². The van der Waals surface area contributed by atoms with Crippen LogP contribution in [0.15, 0.2) is 41.1 Å². The van der Waals surface area contributed by atoms with Crippen LogP contribution in [0.3, 0.4) is 0 Å². The third-order valence-electron chi connectivity index (χ3n) is 2.61. The van der Waals surface area contributed by atoms with E-state index in [4.69, 9.17) is 4.74 Å². The Bertz CT molecular complexity index is 675. The maximum Gasteiger partial charge on any atom is 0.138 e. The SMILES string of the molecule is COc1ccc2c(ccc3nc(Br)cn32)c1. The summed E-state index contributed by atoms with van der Waals surface area (Å²) in [6.07, 6.45) is 1.96. The normalized spacial score (nSPS) is 11.1. The van der Waals surface area contributed by atoms with Crippen LogP contribution >= 0.6 is 15.9 Å². The van der Waals surface area contributed by atoms with Crippen LogP contribution < -0.4 is 4.74 Å². The number of hydrogen-bond acceptors (Lipinski definition) is 2. The molecule has 0 saturated carbocycles. The van der Waals surface area contributed by atoms with E-state index in [1.54, 1.807) is 7.11 Å². The number of hydrogen-bond donors (Lipinski definition) is 0. The van der Waals surface area contributed by atoms with Crippen molar-refractivity contribution in [3.63, 3.8) is 0 Å². The second-order valence-corrected chi connectivity index (χ2v) is 4.36. The molecule has 3 nitrogen and oxygen atoms in total. The van der Waals surface area contributed by atoms with Crippen molar-refractivity contribution in [2.75, 3.05) is 7.11 Å². The molecular weight excluding hydrogens is 268 g/mol. The van der Waals surface area contributed by atoms with E-state index in [1.807, 2.05) is 36.5 Å². The zero-order chi connectivity index (χ0) is 11.1. The Balaban J connectivity index is 2.42. The predicted molar refractivity (Wildman–Crippen MR) is 67.0 cm³/mol. The molecule has 2 aromatic heterocycles. The van der Waals surface area contributed by atoms with E-state index in [1.165, 1.54) is 0 Å². The minimum Gasteiger partial charge on any atom is -0.497 e. The fourth-order valence-electron chi connectivity index (χ4n) is 1.85. The number of halogens is 1. The average Bonchev–Trinajstić information content (AvgIpc) is 2.69. The fraction of sp³-hybridized carbons (Fsp3) is 0.0833. The molecule has 0 radical (unpaired) electrons. The Morgan fingerprint density at radius 2 is 2.12 bits per heavy atom. The maximum atomic E-state index is 5.21. The molecule has 0 unspecified atom stereocenters. The Kier molecular flexibility index (Phi) is 2.11. The lowest BCUT2D eigenvalue weighted by Crippen LogP contribution is -1.88. The summed E-state index contributed by atoms with van der Waals surface area (Å²) in [5.74, 6) is 0.867. The van der Waals surface area contributed by atoms with Gasteiger partial charge in [-0.15, -0.1) is 0 Å². The lowest BCUT2D eigenvalue weighted by atomic mass is 10.2. The van der Waals surface area contributed by atoms with Gasteiger partial charge in [0.25, 0.3) is 0 Å². The van der Waals surface area contributed by atoms with Crippen LogP contribution in [0.5, 0.6) is 5.75 Å². The zero-order valence-electron chi connectivity index (χ0n) is 8.64. The van der Waals surface area contributed by atoms with Gasteiger partial charge in [0, 0.05) is 11.6 Å². The van der Waals surface area contributed by atoms with E-state index < -0.39 is 0 Å². The van der Waals surface area contributed by atoms with Gasteiger partial charge in [-0.1, -0.05) is 0 Å². The van der Waals surface area contributed by atoms with Crippen LogP contribution in [0.1, 0.15) is 0 Å². The summed E-state index contributed by atoms with van der Waals surface area (Å²) in [4.78, 5) is 4.35. The summed E-state index contributed by atoms with van der Waals surface area (Å²) in [5.41, 5.74) is 2.06. The van der Waals surface area contributed by atoms with Crippen LogP contribution in [0.4, 0.5) is 0 Å². The number of pyridine rings is 1. The van der Waals surface area contributed by atoms with Gasteiger partial charge in [0.05, 0.1) is 12.6 Å². The molecule has 3 aromatic rings. The zero-order valence-corrected chi connectivity index (χ0v) is 10.2. The predicted octanol–water partition coefficient (Wildman–Crippen LogP) is 3.26. The van der Waals surface area contributed by atoms with Crippen molar-refractivity contribution < 1.29 is 4.74 Å². The molecule has 0 fully saturated rings. The molecule has 4 heteroatoms. The Morgan fingerprint density at radius 1 is 1.25 bits per heavy atom. The molecule has 0 aliphatic carbocycles. The van der Waals surface area contributed by atoms with Gasteiger partial charge in [-0.25, -0.2) is 4.98 Å².